The van der Waals surface area contributed by atoms with Crippen LogP contribution in [0.2, 0.25) is 0 Å². The Morgan fingerprint density at radius 1 is 1.17 bits per heavy atom. The zero-order chi connectivity index (χ0) is 20.8. The Balaban J connectivity index is 0.00000784. The molecule has 1 unspecified atom stereocenters. The van der Waals surface area contributed by atoms with Gasteiger partial charge in [0.15, 0.2) is 0 Å². The van der Waals surface area contributed by atoms with Gasteiger partial charge in [-0.15, -0.1) is 19.0 Å². The summed E-state index contributed by atoms with van der Waals surface area (Å²) in [4.78, 5) is 23.5. The molecular weight excluding hydrogens is 394 g/mol. The van der Waals surface area contributed by atoms with Gasteiger partial charge in [-0.3, -0.25) is 9.59 Å². The van der Waals surface area contributed by atoms with Crippen molar-refractivity contribution in [2.75, 3.05) is 19.8 Å². The van der Waals surface area contributed by atoms with E-state index in [-0.39, 0.29) is 49.8 Å². The maximum atomic E-state index is 12.1. The lowest BCUT2D eigenvalue weighted by Gasteiger charge is -2.21. The van der Waals surface area contributed by atoms with Crippen molar-refractivity contribution in [3.8, 4) is 5.75 Å². The van der Waals surface area contributed by atoms with E-state index in [9.17, 15) is 9.59 Å². The van der Waals surface area contributed by atoms with Crippen LogP contribution in [0.15, 0.2) is 36.9 Å². The fourth-order valence-corrected chi connectivity index (χ4v) is 2.51. The first kappa shape index (κ1) is 27.0. The third-order valence-corrected chi connectivity index (χ3v) is 3.88. The van der Waals surface area contributed by atoms with Crippen molar-refractivity contribution < 1.29 is 23.8 Å². The van der Waals surface area contributed by atoms with Crippen LogP contribution in [-0.2, 0) is 25.5 Å². The van der Waals surface area contributed by atoms with E-state index in [2.05, 4.69) is 11.9 Å². The van der Waals surface area contributed by atoms with E-state index < -0.39 is 6.10 Å². The third kappa shape index (κ3) is 12.2. The van der Waals surface area contributed by atoms with Crippen molar-refractivity contribution >= 4 is 24.3 Å². The molecule has 0 aliphatic rings. The molecule has 0 spiro atoms. The maximum absolute atomic E-state index is 12.1. The molecule has 1 aromatic carbocycles. The standard InChI is InChI=1S/C22H33NO5.ClH/c1-5-10-18-11-7-8-12-20(18)27-16-19(15-23-17(3)4)28-22(25)14-9-13-21(24)26-6-2;/h5,7-8,11-12,17,19,23H,1,6,9-10,13-16H2,2-4H3;1H. The lowest BCUT2D eigenvalue weighted by atomic mass is 10.1. The molecule has 0 radical (unpaired) electrons. The van der Waals surface area contributed by atoms with Crippen LogP contribution in [0, 0.1) is 0 Å². The molecule has 1 N–H and O–H groups in total. The number of nitrogens with one attached hydrogen (secondary N) is 1. The van der Waals surface area contributed by atoms with Gasteiger partial charge in [-0.1, -0.05) is 38.1 Å². The highest BCUT2D eigenvalue weighted by atomic mass is 35.5. The molecule has 0 aromatic heterocycles. The van der Waals surface area contributed by atoms with Gasteiger partial charge < -0.3 is 19.5 Å². The van der Waals surface area contributed by atoms with Crippen molar-refractivity contribution in [1.29, 1.82) is 0 Å². The summed E-state index contributed by atoms with van der Waals surface area (Å²) in [6.45, 7) is 10.7. The first-order chi connectivity index (χ1) is 13.5. The highest BCUT2D eigenvalue weighted by Gasteiger charge is 2.17. The first-order valence-electron chi connectivity index (χ1n) is 9.86. The Labute approximate surface area is 180 Å². The molecule has 0 fully saturated rings. The summed E-state index contributed by atoms with van der Waals surface area (Å²) in [5.41, 5.74) is 1.04. The van der Waals surface area contributed by atoms with Gasteiger partial charge >= 0.3 is 11.9 Å². The van der Waals surface area contributed by atoms with Gasteiger partial charge in [0.1, 0.15) is 18.5 Å². The molecule has 0 saturated heterocycles. The van der Waals surface area contributed by atoms with Crippen LogP contribution in [0.3, 0.4) is 0 Å². The number of halogens is 1. The second kappa shape index (κ2) is 15.8. The Bertz CT molecular complexity index is 621. The van der Waals surface area contributed by atoms with Crippen molar-refractivity contribution in [2.45, 2.75) is 58.6 Å². The van der Waals surface area contributed by atoms with Crippen LogP contribution in [0.5, 0.6) is 5.75 Å². The topological polar surface area (TPSA) is 73.9 Å². The number of hydrogen-bond donors (Lipinski definition) is 1. The van der Waals surface area contributed by atoms with E-state index in [1.165, 1.54) is 0 Å². The van der Waals surface area contributed by atoms with Crippen molar-refractivity contribution in [1.82, 2.24) is 5.32 Å². The van der Waals surface area contributed by atoms with Crippen LogP contribution in [0.4, 0.5) is 0 Å². The molecule has 0 aliphatic carbocycles. The summed E-state index contributed by atoms with van der Waals surface area (Å²) in [5.74, 6) is 0.119. The van der Waals surface area contributed by atoms with Gasteiger partial charge in [-0.2, -0.15) is 0 Å². The fourth-order valence-electron chi connectivity index (χ4n) is 2.51. The third-order valence-electron chi connectivity index (χ3n) is 3.88. The van der Waals surface area contributed by atoms with Gasteiger partial charge in [-0.05, 0) is 31.4 Å². The quantitative estimate of drug-likeness (QED) is 0.359. The van der Waals surface area contributed by atoms with Crippen LogP contribution in [0.25, 0.3) is 0 Å². The minimum atomic E-state index is -0.422. The summed E-state index contributed by atoms with van der Waals surface area (Å²) in [6.07, 6.45) is 2.90. The molecule has 29 heavy (non-hydrogen) atoms. The monoisotopic (exact) mass is 427 g/mol. The van der Waals surface area contributed by atoms with Crippen molar-refractivity contribution in [3.05, 3.63) is 42.5 Å². The van der Waals surface area contributed by atoms with E-state index >= 15 is 0 Å². The Kier molecular flexibility index (Phi) is 14.7. The van der Waals surface area contributed by atoms with Crippen LogP contribution in [0.1, 0.15) is 45.6 Å². The minimum Gasteiger partial charge on any atom is -0.489 e. The fraction of sp³-hybridized carbons (Fsp3) is 0.545. The summed E-state index contributed by atoms with van der Waals surface area (Å²) < 4.78 is 16.3. The molecule has 0 amide bonds. The van der Waals surface area contributed by atoms with Gasteiger partial charge in [0.05, 0.1) is 6.61 Å². The molecule has 0 saturated carbocycles. The number of allylic oxidation sites excluding steroid dienone is 1. The molecule has 7 heteroatoms. The Morgan fingerprint density at radius 3 is 2.52 bits per heavy atom. The molecule has 0 aliphatic heterocycles. The Morgan fingerprint density at radius 2 is 1.86 bits per heavy atom. The smallest absolute Gasteiger partial charge is 0.306 e. The highest BCUT2D eigenvalue weighted by molar-refractivity contribution is 5.85. The Hall–Kier alpha value is -2.05. The van der Waals surface area contributed by atoms with Gasteiger partial charge in [0.2, 0.25) is 0 Å². The predicted molar refractivity (Wildman–Crippen MR) is 117 cm³/mol. The van der Waals surface area contributed by atoms with E-state index in [0.717, 1.165) is 11.3 Å². The minimum absolute atomic E-state index is 0. The SMILES string of the molecule is C=CCc1ccccc1OCC(CNC(C)C)OC(=O)CCCC(=O)OCC.Cl. The summed E-state index contributed by atoms with van der Waals surface area (Å²) in [6, 6.07) is 8.00. The van der Waals surface area contributed by atoms with Gasteiger partial charge in [0, 0.05) is 25.4 Å². The normalized spacial score (nSPS) is 11.3. The number of carbonyl (C=O) groups excluding carboxylic acids is 2. The number of ether oxygens (including phenoxy) is 3. The van der Waals surface area contributed by atoms with Crippen LogP contribution >= 0.6 is 12.4 Å². The summed E-state index contributed by atoms with van der Waals surface area (Å²) in [7, 11) is 0. The van der Waals surface area contributed by atoms with E-state index in [4.69, 9.17) is 14.2 Å². The van der Waals surface area contributed by atoms with Crippen molar-refractivity contribution in [3.63, 3.8) is 0 Å². The first-order valence-corrected chi connectivity index (χ1v) is 9.86. The number of para-hydroxylation sites is 1. The number of hydrogen-bond acceptors (Lipinski definition) is 6. The molecule has 0 bridgehead atoms. The average molecular weight is 428 g/mol. The highest BCUT2D eigenvalue weighted by Crippen LogP contribution is 2.19. The van der Waals surface area contributed by atoms with Crippen LogP contribution in [-0.4, -0.2) is 43.8 Å². The molecular formula is C22H34ClNO5. The molecule has 164 valence electrons. The summed E-state index contributed by atoms with van der Waals surface area (Å²) >= 11 is 0. The molecule has 0 heterocycles. The van der Waals surface area contributed by atoms with Gasteiger partial charge in [0.25, 0.3) is 0 Å². The number of benzene rings is 1. The zero-order valence-corrected chi connectivity index (χ0v) is 18.5. The average Bonchev–Trinajstić information content (AvgIpc) is 2.65. The lowest BCUT2D eigenvalue weighted by molar-refractivity contribution is -0.150. The lowest BCUT2D eigenvalue weighted by Crippen LogP contribution is -2.38. The predicted octanol–water partition coefficient (Wildman–Crippen LogP) is 3.86. The largest absolute Gasteiger partial charge is 0.489 e. The second-order valence-corrected chi connectivity index (χ2v) is 6.74. The van der Waals surface area contributed by atoms with E-state index in [0.29, 0.717) is 26.0 Å². The van der Waals surface area contributed by atoms with Gasteiger partial charge in [-0.25, -0.2) is 0 Å². The molecule has 1 rings (SSSR count). The maximum Gasteiger partial charge on any atom is 0.306 e. The van der Waals surface area contributed by atoms with Crippen LogP contribution < -0.4 is 10.1 Å². The molecule has 6 nitrogen and oxygen atoms in total. The zero-order valence-electron chi connectivity index (χ0n) is 17.6. The number of carbonyl (C=O) groups is 2. The molecule has 1 atom stereocenters. The van der Waals surface area contributed by atoms with E-state index in [1.54, 1.807) is 6.92 Å². The number of esters is 2. The summed E-state index contributed by atoms with van der Waals surface area (Å²) in [5, 5.41) is 3.27. The second-order valence-electron chi connectivity index (χ2n) is 6.74. The molecule has 1 aromatic rings. The van der Waals surface area contributed by atoms with E-state index in [1.807, 2.05) is 44.2 Å². The number of rotatable bonds is 14. The van der Waals surface area contributed by atoms with Crippen molar-refractivity contribution in [2.24, 2.45) is 0 Å².